The number of rotatable bonds is 4. The van der Waals surface area contributed by atoms with Gasteiger partial charge in [-0.25, -0.2) is 18.0 Å². The molecule has 9 heteroatoms. The smallest absolute Gasteiger partial charge is 0.319 e. The number of amides is 2. The summed E-state index contributed by atoms with van der Waals surface area (Å²) in [4.78, 5) is 12.7. The van der Waals surface area contributed by atoms with Crippen LogP contribution in [0.1, 0.15) is 29.2 Å². The first-order valence-corrected chi connectivity index (χ1v) is 9.89. The molecule has 4 rings (SSSR count). The lowest BCUT2D eigenvalue weighted by molar-refractivity contribution is -0.0136. The Kier molecular flexibility index (Phi) is 5.55. The fourth-order valence-corrected chi connectivity index (χ4v) is 4.20. The number of halogens is 4. The maximum absolute atomic E-state index is 14.5. The number of alkyl halides is 2. The number of urea groups is 1. The lowest BCUT2D eigenvalue weighted by Gasteiger charge is -2.39. The molecule has 0 bridgehead atoms. The predicted molar refractivity (Wildman–Crippen MR) is 106 cm³/mol. The van der Waals surface area contributed by atoms with Gasteiger partial charge < -0.3 is 20.5 Å². The summed E-state index contributed by atoms with van der Waals surface area (Å²) in [5, 5.41) is 15.0. The molecule has 2 aromatic carbocycles. The molecule has 2 aliphatic rings. The molecule has 3 N–H and O–H groups in total. The molecular formula is C21H20ClF3N2O3. The Hall–Kier alpha value is -2.45. The Labute approximate surface area is 176 Å². The van der Waals surface area contributed by atoms with Crippen molar-refractivity contribution in [1.82, 2.24) is 5.32 Å². The molecule has 0 fully saturated rings. The molecule has 160 valence electrons. The van der Waals surface area contributed by atoms with Crippen LogP contribution in [0.3, 0.4) is 0 Å². The number of hydrogen-bond acceptors (Lipinski definition) is 3. The van der Waals surface area contributed by atoms with Crippen molar-refractivity contribution >= 4 is 23.3 Å². The molecule has 1 aliphatic heterocycles. The van der Waals surface area contributed by atoms with Crippen LogP contribution in [0.5, 0.6) is 5.75 Å². The summed E-state index contributed by atoms with van der Waals surface area (Å²) < 4.78 is 47.1. The Morgan fingerprint density at radius 3 is 2.73 bits per heavy atom. The topological polar surface area (TPSA) is 70.6 Å². The number of carbonyl (C=O) groups excluding carboxylic acids is 1. The number of carbonyl (C=O) groups is 1. The average molecular weight is 441 g/mol. The van der Waals surface area contributed by atoms with Crippen LogP contribution >= 0.6 is 11.6 Å². The van der Waals surface area contributed by atoms with Crippen LogP contribution in [0.15, 0.2) is 30.3 Å². The molecule has 1 aliphatic carbocycles. The van der Waals surface area contributed by atoms with Gasteiger partial charge in [0.1, 0.15) is 13.3 Å². The summed E-state index contributed by atoms with van der Waals surface area (Å²) in [5.74, 6) is -1.29. The van der Waals surface area contributed by atoms with Crippen LogP contribution in [0.4, 0.5) is 23.7 Å². The second-order valence-electron chi connectivity index (χ2n) is 7.69. The minimum Gasteiger partial charge on any atom is -0.478 e. The van der Waals surface area contributed by atoms with Crippen molar-refractivity contribution in [2.75, 3.05) is 18.7 Å². The molecule has 1 heterocycles. The van der Waals surface area contributed by atoms with Crippen LogP contribution in [-0.4, -0.2) is 36.2 Å². The van der Waals surface area contributed by atoms with E-state index in [4.69, 9.17) is 16.3 Å². The summed E-state index contributed by atoms with van der Waals surface area (Å²) in [7, 11) is 0. The van der Waals surface area contributed by atoms with E-state index in [-0.39, 0.29) is 22.8 Å². The SMILES string of the molecule is O=C(Nc1cccc2c1C[C@H](O)C2)N[C@@H]1CC(CF)(CF)Oc2c1ccc(Cl)c2F. The van der Waals surface area contributed by atoms with E-state index in [1.165, 1.54) is 12.1 Å². The summed E-state index contributed by atoms with van der Waals surface area (Å²) in [5.41, 5.74) is 0.667. The van der Waals surface area contributed by atoms with E-state index >= 15 is 0 Å². The molecule has 0 spiro atoms. The van der Waals surface area contributed by atoms with Gasteiger partial charge in [-0.3, -0.25) is 0 Å². The number of aliphatic hydroxyl groups is 1. The molecule has 0 saturated heterocycles. The first-order valence-electron chi connectivity index (χ1n) is 9.51. The van der Waals surface area contributed by atoms with Gasteiger partial charge in [0.05, 0.1) is 17.2 Å². The summed E-state index contributed by atoms with van der Waals surface area (Å²) in [6.45, 7) is -2.39. The molecule has 0 unspecified atom stereocenters. The van der Waals surface area contributed by atoms with Crippen LogP contribution in [0, 0.1) is 5.82 Å². The minimum absolute atomic E-state index is 0.215. The second kappa shape index (κ2) is 8.00. The Balaban J connectivity index is 1.59. The fourth-order valence-electron chi connectivity index (χ4n) is 4.06. The van der Waals surface area contributed by atoms with Gasteiger partial charge in [-0.15, -0.1) is 0 Å². The highest BCUT2D eigenvalue weighted by Gasteiger charge is 2.44. The standard InChI is InChI=1S/C21H20ClF3N2O3/c22-15-5-4-13-17(8-21(9-23,10-24)30-19(13)18(15)25)27-20(29)26-16-3-1-2-11-6-12(28)7-14(11)16/h1-5,12,17,28H,6-10H2,(H2,26,27,29)/t12-,17-/m1/s1. The first kappa shape index (κ1) is 20.8. The molecule has 5 nitrogen and oxygen atoms in total. The largest absolute Gasteiger partial charge is 0.478 e. The summed E-state index contributed by atoms with van der Waals surface area (Å²) >= 11 is 5.79. The van der Waals surface area contributed by atoms with Crippen molar-refractivity contribution < 1.29 is 27.8 Å². The monoisotopic (exact) mass is 440 g/mol. The number of benzene rings is 2. The molecule has 2 amide bonds. The molecule has 0 radical (unpaired) electrons. The Bertz CT molecular complexity index is 984. The van der Waals surface area contributed by atoms with Crippen LogP contribution in [0.25, 0.3) is 0 Å². The molecule has 0 saturated carbocycles. The predicted octanol–water partition coefficient (Wildman–Crippen LogP) is 4.26. The Morgan fingerprint density at radius 1 is 1.23 bits per heavy atom. The van der Waals surface area contributed by atoms with E-state index in [2.05, 4.69) is 10.6 Å². The van der Waals surface area contributed by atoms with E-state index in [1.807, 2.05) is 6.07 Å². The zero-order valence-electron chi connectivity index (χ0n) is 15.9. The van der Waals surface area contributed by atoms with E-state index in [0.29, 0.717) is 18.5 Å². The van der Waals surface area contributed by atoms with Crippen molar-refractivity contribution in [3.63, 3.8) is 0 Å². The lowest BCUT2D eigenvalue weighted by Crippen LogP contribution is -2.49. The van der Waals surface area contributed by atoms with Gasteiger partial charge in [0.2, 0.25) is 0 Å². The number of hydrogen-bond donors (Lipinski definition) is 3. The van der Waals surface area contributed by atoms with Crippen LogP contribution in [-0.2, 0) is 12.8 Å². The number of ether oxygens (including phenoxy) is 1. The quantitative estimate of drug-likeness (QED) is 0.665. The maximum Gasteiger partial charge on any atom is 0.319 e. The van der Waals surface area contributed by atoms with Crippen molar-refractivity contribution in [3.8, 4) is 5.75 Å². The van der Waals surface area contributed by atoms with E-state index in [1.54, 1.807) is 12.1 Å². The normalized spacial score (nSPS) is 21.4. The van der Waals surface area contributed by atoms with Gasteiger partial charge in [-0.1, -0.05) is 29.8 Å². The van der Waals surface area contributed by atoms with E-state index < -0.39 is 42.9 Å². The third-order valence-electron chi connectivity index (χ3n) is 5.56. The van der Waals surface area contributed by atoms with Gasteiger partial charge >= 0.3 is 6.03 Å². The number of anilines is 1. The van der Waals surface area contributed by atoms with Crippen LogP contribution in [0.2, 0.25) is 5.02 Å². The van der Waals surface area contributed by atoms with Gasteiger partial charge in [0, 0.05) is 24.1 Å². The van der Waals surface area contributed by atoms with Gasteiger partial charge in [-0.05, 0) is 29.7 Å². The maximum atomic E-state index is 14.5. The van der Waals surface area contributed by atoms with E-state index in [0.717, 1.165) is 11.1 Å². The average Bonchev–Trinajstić information content (AvgIpc) is 3.12. The molecule has 2 atom stereocenters. The zero-order valence-corrected chi connectivity index (χ0v) is 16.6. The highest BCUT2D eigenvalue weighted by Crippen LogP contribution is 2.43. The number of aliphatic hydroxyl groups excluding tert-OH is 1. The van der Waals surface area contributed by atoms with Crippen LogP contribution < -0.4 is 15.4 Å². The highest BCUT2D eigenvalue weighted by atomic mass is 35.5. The molecule has 30 heavy (non-hydrogen) atoms. The van der Waals surface area contributed by atoms with Crippen molar-refractivity contribution in [2.24, 2.45) is 0 Å². The Morgan fingerprint density at radius 2 is 2.00 bits per heavy atom. The van der Waals surface area contributed by atoms with Crippen molar-refractivity contribution in [3.05, 3.63) is 57.9 Å². The lowest BCUT2D eigenvalue weighted by atomic mass is 9.88. The van der Waals surface area contributed by atoms with E-state index in [9.17, 15) is 23.1 Å². The minimum atomic E-state index is -1.91. The van der Waals surface area contributed by atoms with Crippen molar-refractivity contribution in [1.29, 1.82) is 0 Å². The van der Waals surface area contributed by atoms with Crippen molar-refractivity contribution in [2.45, 2.75) is 37.0 Å². The van der Waals surface area contributed by atoms with Gasteiger partial charge in [-0.2, -0.15) is 0 Å². The molecule has 0 aromatic heterocycles. The molecular weight excluding hydrogens is 421 g/mol. The third-order valence-corrected chi connectivity index (χ3v) is 5.85. The van der Waals surface area contributed by atoms with Gasteiger partial charge in [0.25, 0.3) is 0 Å². The fraction of sp³-hybridized carbons (Fsp3) is 0.381. The second-order valence-corrected chi connectivity index (χ2v) is 8.10. The summed E-state index contributed by atoms with van der Waals surface area (Å²) in [6.07, 6.45) is 0.209. The number of nitrogens with one attached hydrogen (secondary N) is 2. The molecule has 2 aromatic rings. The first-order chi connectivity index (χ1) is 14.4. The third kappa shape index (κ3) is 3.70. The van der Waals surface area contributed by atoms with Gasteiger partial charge in [0.15, 0.2) is 17.2 Å². The highest BCUT2D eigenvalue weighted by molar-refractivity contribution is 6.30. The summed E-state index contributed by atoms with van der Waals surface area (Å²) in [6, 6.07) is 6.61. The number of fused-ring (bicyclic) bond motifs is 2. The zero-order chi connectivity index (χ0) is 21.5.